The smallest absolute Gasteiger partial charge is 0.221 e. The minimum atomic E-state index is 0. The van der Waals surface area contributed by atoms with Gasteiger partial charge in [-0.2, -0.15) is 0 Å². The van der Waals surface area contributed by atoms with Crippen molar-refractivity contribution >= 4 is 5.91 Å². The molecule has 0 bridgehead atoms. The van der Waals surface area contributed by atoms with E-state index in [9.17, 15) is 4.79 Å². The van der Waals surface area contributed by atoms with Gasteiger partial charge in [-0.3, -0.25) is 9.69 Å². The Morgan fingerprint density at radius 2 is 1.69 bits per heavy atom. The molecule has 16 heavy (non-hydrogen) atoms. The summed E-state index contributed by atoms with van der Waals surface area (Å²) < 4.78 is 0. The number of rotatable bonds is 1. The maximum atomic E-state index is 11.5. The van der Waals surface area contributed by atoms with Crippen LogP contribution in [0.5, 0.6) is 0 Å². The van der Waals surface area contributed by atoms with E-state index in [2.05, 4.69) is 10.2 Å². The molecule has 0 aromatic carbocycles. The van der Waals surface area contributed by atoms with Crippen molar-refractivity contribution < 1.29 is 4.79 Å². The molecule has 94 valence electrons. The number of likely N-dealkylation sites (tertiary alicyclic amines) is 1. The first-order valence-electron chi connectivity index (χ1n) is 6.40. The van der Waals surface area contributed by atoms with Crippen molar-refractivity contribution in [3.63, 3.8) is 0 Å². The van der Waals surface area contributed by atoms with Crippen LogP contribution >= 0.6 is 0 Å². The predicted molar refractivity (Wildman–Crippen MR) is 65.5 cm³/mol. The first kappa shape index (κ1) is 13.5. The van der Waals surface area contributed by atoms with E-state index in [-0.39, 0.29) is 12.1 Å². The van der Waals surface area contributed by atoms with Crippen LogP contribution in [0.15, 0.2) is 0 Å². The van der Waals surface area contributed by atoms with Gasteiger partial charge in [0.05, 0.1) is 6.17 Å². The normalized spacial score (nSPS) is 28.5. The zero-order valence-electron chi connectivity index (χ0n) is 10.2. The number of nitrogens with one attached hydrogen (secondary N) is 1. The van der Waals surface area contributed by atoms with Gasteiger partial charge in [0.2, 0.25) is 5.91 Å². The zero-order valence-corrected chi connectivity index (χ0v) is 10.2. The predicted octanol–water partition coefficient (Wildman–Crippen LogP) is 2.04. The molecule has 4 nitrogen and oxygen atoms in total. The molecule has 0 aromatic rings. The van der Waals surface area contributed by atoms with E-state index in [1.54, 1.807) is 0 Å². The summed E-state index contributed by atoms with van der Waals surface area (Å²) in [7, 11) is 0. The van der Waals surface area contributed by atoms with Crippen LogP contribution in [-0.4, -0.2) is 30.1 Å². The fraction of sp³-hybridized carbons (Fsp3) is 0.917. The summed E-state index contributed by atoms with van der Waals surface area (Å²) in [6, 6.07) is 0. The third-order valence-electron chi connectivity index (χ3n) is 3.54. The molecule has 4 heteroatoms. The topological polar surface area (TPSA) is 67.3 Å². The number of carbonyl (C=O) groups excluding carboxylic acids is 1. The minimum absolute atomic E-state index is 0. The van der Waals surface area contributed by atoms with Crippen molar-refractivity contribution in [1.82, 2.24) is 16.4 Å². The fourth-order valence-corrected chi connectivity index (χ4v) is 2.63. The number of amides is 1. The van der Waals surface area contributed by atoms with E-state index >= 15 is 0 Å². The van der Waals surface area contributed by atoms with E-state index in [1.165, 1.54) is 45.2 Å². The van der Waals surface area contributed by atoms with Gasteiger partial charge in [-0.15, -0.1) is 0 Å². The molecule has 2 rings (SSSR count). The van der Waals surface area contributed by atoms with Gasteiger partial charge in [-0.05, 0) is 32.1 Å². The molecular weight excluding hydrogens is 202 g/mol. The second-order valence-corrected chi connectivity index (χ2v) is 4.78. The Balaban J connectivity index is 0.00000128. The van der Waals surface area contributed by atoms with E-state index < -0.39 is 0 Å². The second kappa shape index (κ2) is 6.86. The number of nitrogens with zero attached hydrogens (tertiary/aromatic N) is 1. The van der Waals surface area contributed by atoms with E-state index in [0.29, 0.717) is 6.17 Å². The van der Waals surface area contributed by atoms with Crippen LogP contribution in [0, 0.1) is 0 Å². The lowest BCUT2D eigenvalue weighted by Crippen LogP contribution is -2.47. The molecule has 0 spiro atoms. The van der Waals surface area contributed by atoms with Crippen molar-refractivity contribution in [2.75, 3.05) is 13.1 Å². The lowest BCUT2D eigenvalue weighted by molar-refractivity contribution is -0.122. The maximum Gasteiger partial charge on any atom is 0.221 e. The number of carbonyl (C=O) groups is 1. The van der Waals surface area contributed by atoms with Gasteiger partial charge in [0.1, 0.15) is 0 Å². The van der Waals surface area contributed by atoms with Gasteiger partial charge < -0.3 is 11.5 Å². The number of hydrogen-bond donors (Lipinski definition) is 2. The van der Waals surface area contributed by atoms with Gasteiger partial charge in [0, 0.05) is 19.5 Å². The molecule has 2 fully saturated rings. The third kappa shape index (κ3) is 3.76. The first-order valence-corrected chi connectivity index (χ1v) is 6.40. The maximum absolute atomic E-state index is 11.5. The Labute approximate surface area is 98.3 Å². The monoisotopic (exact) mass is 227 g/mol. The molecule has 2 aliphatic rings. The lowest BCUT2D eigenvalue weighted by Gasteiger charge is -2.30. The largest absolute Gasteiger partial charge is 0.344 e. The molecule has 0 aromatic heterocycles. The van der Waals surface area contributed by atoms with Crippen molar-refractivity contribution in [3.05, 3.63) is 0 Å². The highest BCUT2D eigenvalue weighted by atomic mass is 16.1. The quantitative estimate of drug-likeness (QED) is 0.720. The van der Waals surface area contributed by atoms with E-state index in [4.69, 9.17) is 0 Å². The Hall–Kier alpha value is -0.610. The molecule has 1 atom stereocenters. The van der Waals surface area contributed by atoms with Crippen LogP contribution in [0.1, 0.15) is 51.4 Å². The Bertz CT molecular complexity index is 212. The van der Waals surface area contributed by atoms with Crippen LogP contribution in [0.3, 0.4) is 0 Å². The highest BCUT2D eigenvalue weighted by Crippen LogP contribution is 2.17. The molecule has 2 heterocycles. The Morgan fingerprint density at radius 3 is 2.38 bits per heavy atom. The minimum Gasteiger partial charge on any atom is -0.344 e. The number of hydrogen-bond acceptors (Lipinski definition) is 3. The summed E-state index contributed by atoms with van der Waals surface area (Å²) in [4.78, 5) is 14.0. The molecule has 0 saturated carbocycles. The molecule has 2 aliphatic heterocycles. The molecule has 1 unspecified atom stereocenters. The van der Waals surface area contributed by atoms with Crippen molar-refractivity contribution in [2.24, 2.45) is 0 Å². The summed E-state index contributed by atoms with van der Waals surface area (Å²) in [5.74, 6) is 0.252. The molecule has 0 radical (unpaired) electrons. The molecule has 4 N–H and O–H groups in total. The van der Waals surface area contributed by atoms with E-state index in [1.807, 2.05) is 0 Å². The van der Waals surface area contributed by atoms with Crippen LogP contribution in [-0.2, 0) is 4.79 Å². The van der Waals surface area contributed by atoms with Gasteiger partial charge in [-0.1, -0.05) is 12.8 Å². The van der Waals surface area contributed by atoms with Gasteiger partial charge in [0.25, 0.3) is 0 Å². The van der Waals surface area contributed by atoms with E-state index in [0.717, 1.165) is 19.3 Å². The molecule has 0 aliphatic carbocycles. The molecule has 2 saturated heterocycles. The van der Waals surface area contributed by atoms with Crippen LogP contribution in [0.2, 0.25) is 0 Å². The lowest BCUT2D eigenvalue weighted by atomic mass is 10.2. The average Bonchev–Trinajstić information content (AvgIpc) is 2.59. The van der Waals surface area contributed by atoms with Gasteiger partial charge >= 0.3 is 0 Å². The summed E-state index contributed by atoms with van der Waals surface area (Å²) in [6.45, 7) is 2.34. The first-order chi connectivity index (χ1) is 7.36. The zero-order chi connectivity index (χ0) is 10.5. The summed E-state index contributed by atoms with van der Waals surface area (Å²) in [5, 5.41) is 3.16. The summed E-state index contributed by atoms with van der Waals surface area (Å²) in [6.07, 6.45) is 9.78. The van der Waals surface area contributed by atoms with Crippen LogP contribution in [0.4, 0.5) is 0 Å². The van der Waals surface area contributed by atoms with Gasteiger partial charge in [-0.25, -0.2) is 0 Å². The van der Waals surface area contributed by atoms with Crippen molar-refractivity contribution in [1.29, 1.82) is 0 Å². The summed E-state index contributed by atoms with van der Waals surface area (Å²) in [5.41, 5.74) is 0. The fourth-order valence-electron chi connectivity index (χ4n) is 2.63. The second-order valence-electron chi connectivity index (χ2n) is 4.78. The van der Waals surface area contributed by atoms with Crippen LogP contribution < -0.4 is 11.5 Å². The molecule has 1 amide bonds. The summed E-state index contributed by atoms with van der Waals surface area (Å²) >= 11 is 0. The van der Waals surface area contributed by atoms with Gasteiger partial charge in [0.15, 0.2) is 0 Å². The van der Waals surface area contributed by atoms with Crippen molar-refractivity contribution in [3.8, 4) is 0 Å². The highest BCUT2D eigenvalue weighted by molar-refractivity contribution is 5.76. The van der Waals surface area contributed by atoms with Crippen molar-refractivity contribution in [2.45, 2.75) is 57.5 Å². The highest BCUT2D eigenvalue weighted by Gasteiger charge is 2.22. The third-order valence-corrected chi connectivity index (χ3v) is 3.54. The molecular formula is C12H25N3O. The Morgan fingerprint density at radius 1 is 1.00 bits per heavy atom. The van der Waals surface area contributed by atoms with Crippen LogP contribution in [0.25, 0.3) is 0 Å². The average molecular weight is 227 g/mol. The Kier molecular flexibility index (Phi) is 5.77. The standard InChI is InChI=1S/C12H22N2O.H3N/c15-12-8-4-3-7-11(13-12)14-9-5-1-2-6-10-14;/h11H,1-10H2,(H,13,15);1H3. The SMILES string of the molecule is N.O=C1CCCCC(N2CCCCCC2)N1.